The van der Waals surface area contributed by atoms with Crippen LogP contribution >= 0.6 is 27.3 Å². The molecule has 0 atom stereocenters. The smallest absolute Gasteiger partial charge is 0.275 e. The Labute approximate surface area is 128 Å². The number of fused-ring (bicyclic) bond motifs is 1. The number of thiophene rings is 1. The lowest BCUT2D eigenvalue weighted by Crippen LogP contribution is -2.16. The first kappa shape index (κ1) is 13.3. The van der Waals surface area contributed by atoms with E-state index in [1.165, 1.54) is 20.9 Å². The van der Waals surface area contributed by atoms with Crippen LogP contribution in [0, 0.1) is 11.3 Å². The van der Waals surface area contributed by atoms with Crippen molar-refractivity contribution in [2.45, 2.75) is 19.3 Å². The molecule has 1 aliphatic carbocycles. The zero-order valence-corrected chi connectivity index (χ0v) is 13.1. The SMILES string of the molecule is Cn1ncc(Br)c1C(=O)Nc1sc2c(c1C#N)CCC2. The molecule has 2 aromatic rings. The third-order valence-electron chi connectivity index (χ3n) is 3.37. The molecule has 0 aliphatic heterocycles. The predicted molar refractivity (Wildman–Crippen MR) is 79.9 cm³/mol. The van der Waals surface area contributed by atoms with Gasteiger partial charge in [0.2, 0.25) is 0 Å². The first-order valence-corrected chi connectivity index (χ1v) is 7.76. The summed E-state index contributed by atoms with van der Waals surface area (Å²) in [4.78, 5) is 13.5. The predicted octanol–water partition coefficient (Wildman–Crippen LogP) is 2.86. The molecule has 0 spiro atoms. The van der Waals surface area contributed by atoms with Gasteiger partial charge in [-0.25, -0.2) is 0 Å². The lowest BCUT2D eigenvalue weighted by Gasteiger charge is -2.05. The van der Waals surface area contributed by atoms with Gasteiger partial charge in [0.1, 0.15) is 16.8 Å². The average Bonchev–Trinajstić information content (AvgIpc) is 3.04. The molecular weight excluding hydrogens is 340 g/mol. The van der Waals surface area contributed by atoms with Crippen molar-refractivity contribution in [2.75, 3.05) is 5.32 Å². The fourth-order valence-corrected chi connectivity index (χ4v) is 4.20. The van der Waals surface area contributed by atoms with Crippen LogP contribution in [0.2, 0.25) is 0 Å². The van der Waals surface area contributed by atoms with E-state index >= 15 is 0 Å². The molecule has 5 nitrogen and oxygen atoms in total. The molecule has 2 aromatic heterocycles. The van der Waals surface area contributed by atoms with E-state index in [2.05, 4.69) is 32.4 Å². The number of anilines is 1. The molecule has 0 bridgehead atoms. The summed E-state index contributed by atoms with van der Waals surface area (Å²) in [6.07, 6.45) is 4.60. The van der Waals surface area contributed by atoms with Gasteiger partial charge in [-0.1, -0.05) is 0 Å². The van der Waals surface area contributed by atoms with Gasteiger partial charge in [0.15, 0.2) is 0 Å². The Hall–Kier alpha value is -1.65. The van der Waals surface area contributed by atoms with Crippen LogP contribution in [0.4, 0.5) is 5.00 Å². The van der Waals surface area contributed by atoms with Crippen LogP contribution in [0.5, 0.6) is 0 Å². The zero-order chi connectivity index (χ0) is 14.3. The summed E-state index contributed by atoms with van der Waals surface area (Å²) in [7, 11) is 1.71. The number of aryl methyl sites for hydroxylation is 2. The fourth-order valence-electron chi connectivity index (χ4n) is 2.44. The Morgan fingerprint density at radius 3 is 3.05 bits per heavy atom. The molecule has 0 saturated heterocycles. The Morgan fingerprint density at radius 1 is 1.60 bits per heavy atom. The highest BCUT2D eigenvalue weighted by molar-refractivity contribution is 9.10. The van der Waals surface area contributed by atoms with Crippen molar-refractivity contribution in [2.24, 2.45) is 7.05 Å². The number of carbonyl (C=O) groups is 1. The molecule has 20 heavy (non-hydrogen) atoms. The molecular formula is C13H11BrN4OS. The van der Waals surface area contributed by atoms with E-state index in [1.54, 1.807) is 13.2 Å². The van der Waals surface area contributed by atoms with E-state index < -0.39 is 0 Å². The van der Waals surface area contributed by atoms with E-state index in [0.29, 0.717) is 20.7 Å². The van der Waals surface area contributed by atoms with E-state index in [0.717, 1.165) is 24.8 Å². The van der Waals surface area contributed by atoms with Crippen LogP contribution in [-0.4, -0.2) is 15.7 Å². The van der Waals surface area contributed by atoms with Gasteiger partial charge < -0.3 is 5.32 Å². The van der Waals surface area contributed by atoms with Crippen LogP contribution < -0.4 is 5.32 Å². The van der Waals surface area contributed by atoms with Gasteiger partial charge in [-0.2, -0.15) is 10.4 Å². The van der Waals surface area contributed by atoms with Crippen molar-refractivity contribution in [3.63, 3.8) is 0 Å². The van der Waals surface area contributed by atoms with Crippen LogP contribution in [0.3, 0.4) is 0 Å². The topological polar surface area (TPSA) is 70.7 Å². The summed E-state index contributed by atoms with van der Waals surface area (Å²) in [5, 5.41) is 16.8. The van der Waals surface area contributed by atoms with Gasteiger partial charge in [-0.15, -0.1) is 11.3 Å². The maximum atomic E-state index is 12.3. The maximum absolute atomic E-state index is 12.3. The highest BCUT2D eigenvalue weighted by Crippen LogP contribution is 2.38. The second kappa shape index (κ2) is 5.04. The number of nitrogens with zero attached hydrogens (tertiary/aromatic N) is 3. The lowest BCUT2D eigenvalue weighted by atomic mass is 10.1. The highest BCUT2D eigenvalue weighted by Gasteiger charge is 2.24. The van der Waals surface area contributed by atoms with E-state index in [9.17, 15) is 10.1 Å². The summed E-state index contributed by atoms with van der Waals surface area (Å²) in [6.45, 7) is 0. The molecule has 1 N–H and O–H groups in total. The third kappa shape index (κ3) is 2.05. The van der Waals surface area contributed by atoms with Crippen molar-refractivity contribution in [1.82, 2.24) is 9.78 Å². The van der Waals surface area contributed by atoms with E-state index in [4.69, 9.17) is 0 Å². The highest BCUT2D eigenvalue weighted by atomic mass is 79.9. The van der Waals surface area contributed by atoms with Crippen molar-refractivity contribution in [3.8, 4) is 6.07 Å². The fraction of sp³-hybridized carbons (Fsp3) is 0.308. The number of hydrogen-bond donors (Lipinski definition) is 1. The first-order valence-electron chi connectivity index (χ1n) is 6.15. The number of carbonyl (C=O) groups excluding carboxylic acids is 1. The minimum Gasteiger partial charge on any atom is -0.311 e. The Morgan fingerprint density at radius 2 is 2.40 bits per heavy atom. The van der Waals surface area contributed by atoms with Gasteiger partial charge in [0.05, 0.1) is 16.2 Å². The molecule has 0 saturated carbocycles. The first-order chi connectivity index (χ1) is 9.61. The largest absolute Gasteiger partial charge is 0.311 e. The Bertz CT molecular complexity index is 721. The molecule has 3 rings (SSSR count). The van der Waals surface area contributed by atoms with Crippen molar-refractivity contribution in [3.05, 3.63) is 32.4 Å². The van der Waals surface area contributed by atoms with Crippen molar-refractivity contribution >= 4 is 38.2 Å². The average molecular weight is 351 g/mol. The van der Waals surface area contributed by atoms with Gasteiger partial charge >= 0.3 is 0 Å². The summed E-state index contributed by atoms with van der Waals surface area (Å²) in [6, 6.07) is 2.22. The number of hydrogen-bond acceptors (Lipinski definition) is 4. The number of nitriles is 1. The normalized spacial score (nSPS) is 13.1. The number of aromatic nitrogens is 2. The van der Waals surface area contributed by atoms with Gasteiger partial charge in [0.25, 0.3) is 5.91 Å². The van der Waals surface area contributed by atoms with Crippen LogP contribution in [-0.2, 0) is 19.9 Å². The maximum Gasteiger partial charge on any atom is 0.275 e. The van der Waals surface area contributed by atoms with Crippen molar-refractivity contribution in [1.29, 1.82) is 5.26 Å². The standard InChI is InChI=1S/C13H11BrN4OS/c1-18-11(9(14)6-16-18)12(19)17-13-8(5-15)7-3-2-4-10(7)20-13/h6H,2-4H2,1H3,(H,17,19). The van der Waals surface area contributed by atoms with Gasteiger partial charge in [-0.05, 0) is 40.8 Å². The molecule has 0 aromatic carbocycles. The lowest BCUT2D eigenvalue weighted by molar-refractivity contribution is 0.101. The Balaban J connectivity index is 1.93. The molecule has 0 unspecified atom stereocenters. The zero-order valence-electron chi connectivity index (χ0n) is 10.7. The number of nitrogens with one attached hydrogen (secondary N) is 1. The number of amides is 1. The van der Waals surface area contributed by atoms with E-state index in [-0.39, 0.29) is 5.91 Å². The Kier molecular flexibility index (Phi) is 3.36. The minimum absolute atomic E-state index is 0.256. The van der Waals surface area contributed by atoms with Gasteiger partial charge in [0, 0.05) is 11.9 Å². The summed E-state index contributed by atoms with van der Waals surface area (Å²) < 4.78 is 2.15. The van der Waals surface area contributed by atoms with Crippen LogP contribution in [0.1, 0.15) is 32.9 Å². The number of halogens is 1. The molecule has 0 radical (unpaired) electrons. The van der Waals surface area contributed by atoms with E-state index in [1.807, 2.05) is 0 Å². The second-order valence-corrected chi connectivity index (χ2v) is 6.55. The summed E-state index contributed by atoms with van der Waals surface area (Å²) >= 11 is 4.82. The molecule has 1 aliphatic rings. The molecule has 1 amide bonds. The van der Waals surface area contributed by atoms with Gasteiger partial charge in [-0.3, -0.25) is 9.48 Å². The van der Waals surface area contributed by atoms with Crippen molar-refractivity contribution < 1.29 is 4.79 Å². The molecule has 2 heterocycles. The molecule has 102 valence electrons. The van der Waals surface area contributed by atoms with Crippen LogP contribution in [0.25, 0.3) is 0 Å². The minimum atomic E-state index is -0.256. The monoisotopic (exact) mass is 350 g/mol. The molecule has 7 heteroatoms. The summed E-state index contributed by atoms with van der Waals surface area (Å²) in [5.41, 5.74) is 2.17. The van der Waals surface area contributed by atoms with Crippen LogP contribution in [0.15, 0.2) is 10.7 Å². The second-order valence-electron chi connectivity index (χ2n) is 4.59. The molecule has 0 fully saturated rings. The quantitative estimate of drug-likeness (QED) is 0.904. The third-order valence-corrected chi connectivity index (χ3v) is 5.16. The number of rotatable bonds is 2. The summed E-state index contributed by atoms with van der Waals surface area (Å²) in [5.74, 6) is -0.256.